The molecule has 0 atom stereocenters. The van der Waals surface area contributed by atoms with Crippen molar-refractivity contribution in [1.82, 2.24) is 20.2 Å². The smallest absolute Gasteiger partial charge is 0.423 e. The average molecular weight is 576 g/mol. The number of ketones is 1. The van der Waals surface area contributed by atoms with Gasteiger partial charge in [-0.25, -0.2) is 9.37 Å². The second-order valence-corrected chi connectivity index (χ2v) is 9.49. The molecule has 1 aromatic heterocycles. The summed E-state index contributed by atoms with van der Waals surface area (Å²) in [5.41, 5.74) is -1.47. The summed E-state index contributed by atoms with van der Waals surface area (Å²) in [7, 11) is 3.27. The molecule has 0 spiro atoms. The number of likely N-dealkylation sites (tertiary alicyclic amines) is 1. The first kappa shape index (κ1) is 29.7. The minimum Gasteiger partial charge on any atom is -0.495 e. The summed E-state index contributed by atoms with van der Waals surface area (Å²) in [5, 5.41) is 5.46. The Kier molecular flexibility index (Phi) is 9.06. The van der Waals surface area contributed by atoms with Crippen molar-refractivity contribution < 1.29 is 36.6 Å². The van der Waals surface area contributed by atoms with Crippen molar-refractivity contribution in [2.75, 3.05) is 32.6 Å². The molecule has 9 nitrogen and oxygen atoms in total. The van der Waals surface area contributed by atoms with E-state index < -0.39 is 29.3 Å². The summed E-state index contributed by atoms with van der Waals surface area (Å²) in [6.45, 7) is 3.22. The standard InChI is InChI=1S/C28H29F4N5O4/c1-4-22(38)17-7-5-6-8-23(17)41-26-19(28(30,31)32)15-33-27(36-26)35-21-14-20(29)18(13-24(21)40-3)25(39)34-16-9-11-37(2)12-10-16/h5-8,13-16H,4,9-12H2,1-3H3,(H,34,39)(H,33,35,36). The van der Waals surface area contributed by atoms with E-state index in [1.54, 1.807) is 13.0 Å². The van der Waals surface area contributed by atoms with E-state index in [0.717, 1.165) is 32.0 Å². The van der Waals surface area contributed by atoms with Crippen LogP contribution in [0, 0.1) is 5.82 Å². The monoisotopic (exact) mass is 575 g/mol. The molecule has 4 rings (SSSR count). The Morgan fingerprint density at radius 1 is 1.10 bits per heavy atom. The third-order valence-electron chi connectivity index (χ3n) is 6.61. The zero-order chi connectivity index (χ0) is 29.7. The average Bonchev–Trinajstić information content (AvgIpc) is 2.93. The number of nitrogens with one attached hydrogen (secondary N) is 2. The summed E-state index contributed by atoms with van der Waals surface area (Å²) < 4.78 is 67.1. The number of nitrogens with zero attached hydrogens (tertiary/aromatic N) is 3. The number of amides is 1. The molecule has 0 radical (unpaired) electrons. The first-order chi connectivity index (χ1) is 19.5. The Morgan fingerprint density at radius 3 is 2.46 bits per heavy atom. The number of carbonyl (C=O) groups excluding carboxylic acids is 2. The number of halogens is 4. The van der Waals surface area contributed by atoms with Gasteiger partial charge in [-0.1, -0.05) is 19.1 Å². The van der Waals surface area contributed by atoms with Gasteiger partial charge in [0.2, 0.25) is 11.8 Å². The molecular weight excluding hydrogens is 546 g/mol. The van der Waals surface area contributed by atoms with Gasteiger partial charge in [0.05, 0.1) is 23.9 Å². The van der Waals surface area contributed by atoms with Crippen LogP contribution in [-0.2, 0) is 6.18 Å². The Labute approximate surface area is 233 Å². The minimum atomic E-state index is -4.87. The number of ether oxygens (including phenoxy) is 2. The molecule has 1 aliphatic rings. The molecule has 2 N–H and O–H groups in total. The molecule has 3 aromatic rings. The van der Waals surface area contributed by atoms with Gasteiger partial charge in [-0.15, -0.1) is 0 Å². The topological polar surface area (TPSA) is 106 Å². The van der Waals surface area contributed by atoms with Crippen LogP contribution in [0.15, 0.2) is 42.6 Å². The number of Topliss-reactive ketones (excluding diaryl/α,β-unsaturated/α-hetero) is 1. The fourth-order valence-corrected chi connectivity index (χ4v) is 4.31. The molecule has 0 bridgehead atoms. The third-order valence-corrected chi connectivity index (χ3v) is 6.61. The maximum absolute atomic E-state index is 15.1. The Morgan fingerprint density at radius 2 is 1.80 bits per heavy atom. The summed E-state index contributed by atoms with van der Waals surface area (Å²) in [5.74, 6) is -3.13. The number of anilines is 2. The Balaban J connectivity index is 1.62. The second-order valence-electron chi connectivity index (χ2n) is 9.49. The number of piperidine rings is 1. The van der Waals surface area contributed by atoms with E-state index in [0.29, 0.717) is 6.20 Å². The lowest BCUT2D eigenvalue weighted by Crippen LogP contribution is -2.43. The minimum absolute atomic E-state index is 0.0322. The fourth-order valence-electron chi connectivity index (χ4n) is 4.31. The number of carbonyl (C=O) groups is 2. The number of hydrogen-bond acceptors (Lipinski definition) is 8. The summed E-state index contributed by atoms with van der Waals surface area (Å²) in [6.07, 6.45) is -2.79. The second kappa shape index (κ2) is 12.5. The molecular formula is C28H29F4N5O4. The normalized spacial score (nSPS) is 14.4. The molecule has 218 valence electrons. The molecule has 0 saturated carbocycles. The number of aromatic nitrogens is 2. The van der Waals surface area contributed by atoms with Crippen molar-refractivity contribution in [3.63, 3.8) is 0 Å². The molecule has 13 heteroatoms. The number of methoxy groups -OCH3 is 1. The van der Waals surface area contributed by atoms with Crippen LogP contribution in [0.4, 0.5) is 29.2 Å². The van der Waals surface area contributed by atoms with Crippen molar-refractivity contribution >= 4 is 23.3 Å². The van der Waals surface area contributed by atoms with E-state index in [9.17, 15) is 22.8 Å². The largest absolute Gasteiger partial charge is 0.495 e. The highest BCUT2D eigenvalue weighted by molar-refractivity contribution is 5.98. The molecule has 1 amide bonds. The molecule has 0 unspecified atom stereocenters. The SMILES string of the molecule is CCC(=O)c1ccccc1Oc1nc(Nc2cc(F)c(C(=O)NC3CCN(C)CC3)cc2OC)ncc1C(F)(F)F. The molecule has 41 heavy (non-hydrogen) atoms. The van der Waals surface area contributed by atoms with Crippen LogP contribution in [0.2, 0.25) is 0 Å². The van der Waals surface area contributed by atoms with Crippen LogP contribution in [0.25, 0.3) is 0 Å². The van der Waals surface area contributed by atoms with Gasteiger partial charge < -0.3 is 25.0 Å². The van der Waals surface area contributed by atoms with Crippen LogP contribution in [0.1, 0.15) is 52.5 Å². The summed E-state index contributed by atoms with van der Waals surface area (Å²) in [4.78, 5) is 34.8. The summed E-state index contributed by atoms with van der Waals surface area (Å²) >= 11 is 0. The van der Waals surface area contributed by atoms with Crippen LogP contribution in [-0.4, -0.2) is 59.8 Å². The van der Waals surface area contributed by atoms with Crippen LogP contribution in [0.3, 0.4) is 0 Å². The number of alkyl halides is 3. The number of benzene rings is 2. The van der Waals surface area contributed by atoms with E-state index in [1.807, 2.05) is 7.05 Å². The predicted octanol–water partition coefficient (Wildman–Crippen LogP) is 5.60. The maximum Gasteiger partial charge on any atom is 0.423 e. The van der Waals surface area contributed by atoms with Crippen molar-refractivity contribution in [2.45, 2.75) is 38.4 Å². The first-order valence-corrected chi connectivity index (χ1v) is 12.9. The lowest BCUT2D eigenvalue weighted by molar-refractivity contribution is -0.139. The van der Waals surface area contributed by atoms with Gasteiger partial charge in [0, 0.05) is 24.7 Å². The van der Waals surface area contributed by atoms with Gasteiger partial charge in [0.25, 0.3) is 5.91 Å². The van der Waals surface area contributed by atoms with Crippen molar-refractivity contribution in [2.24, 2.45) is 0 Å². The van der Waals surface area contributed by atoms with Gasteiger partial charge in [-0.05, 0) is 51.2 Å². The lowest BCUT2D eigenvalue weighted by atomic mass is 10.0. The van der Waals surface area contributed by atoms with Crippen molar-refractivity contribution in [1.29, 1.82) is 0 Å². The molecule has 1 fully saturated rings. The van der Waals surface area contributed by atoms with E-state index in [-0.39, 0.29) is 52.5 Å². The molecule has 2 aromatic carbocycles. The number of rotatable bonds is 9. The highest BCUT2D eigenvalue weighted by atomic mass is 19.4. The van der Waals surface area contributed by atoms with Gasteiger partial charge >= 0.3 is 6.18 Å². The quantitative estimate of drug-likeness (QED) is 0.251. The first-order valence-electron chi connectivity index (χ1n) is 12.9. The number of para-hydroxylation sites is 1. The van der Waals surface area contributed by atoms with Gasteiger partial charge in [-0.2, -0.15) is 18.2 Å². The van der Waals surface area contributed by atoms with E-state index in [2.05, 4.69) is 25.5 Å². The third kappa shape index (κ3) is 7.09. The highest BCUT2D eigenvalue weighted by Gasteiger charge is 2.37. The van der Waals surface area contributed by atoms with Gasteiger partial charge in [0.1, 0.15) is 22.9 Å². The predicted molar refractivity (Wildman–Crippen MR) is 142 cm³/mol. The molecule has 2 heterocycles. The van der Waals surface area contributed by atoms with Crippen LogP contribution < -0.4 is 20.1 Å². The zero-order valence-corrected chi connectivity index (χ0v) is 22.6. The van der Waals surface area contributed by atoms with Gasteiger partial charge in [0.15, 0.2) is 5.78 Å². The highest BCUT2D eigenvalue weighted by Crippen LogP contribution is 2.39. The maximum atomic E-state index is 15.1. The van der Waals surface area contributed by atoms with E-state index in [4.69, 9.17) is 9.47 Å². The van der Waals surface area contributed by atoms with Crippen LogP contribution >= 0.6 is 0 Å². The zero-order valence-electron chi connectivity index (χ0n) is 22.6. The molecule has 1 aliphatic heterocycles. The molecule has 1 saturated heterocycles. The van der Waals surface area contributed by atoms with E-state index in [1.165, 1.54) is 31.4 Å². The van der Waals surface area contributed by atoms with Crippen LogP contribution in [0.5, 0.6) is 17.4 Å². The van der Waals surface area contributed by atoms with Crippen molar-refractivity contribution in [3.05, 3.63) is 65.1 Å². The number of hydrogen-bond donors (Lipinski definition) is 2. The van der Waals surface area contributed by atoms with Crippen molar-refractivity contribution in [3.8, 4) is 17.4 Å². The Hall–Kier alpha value is -4.26. The lowest BCUT2D eigenvalue weighted by Gasteiger charge is -2.29. The van der Waals surface area contributed by atoms with Gasteiger partial charge in [-0.3, -0.25) is 9.59 Å². The fraction of sp³-hybridized carbons (Fsp3) is 0.357. The van der Waals surface area contributed by atoms with E-state index >= 15 is 4.39 Å². The summed E-state index contributed by atoms with van der Waals surface area (Å²) in [6, 6.07) is 7.92. The Bertz CT molecular complexity index is 1430. The molecule has 0 aliphatic carbocycles.